The van der Waals surface area contributed by atoms with E-state index in [1.54, 1.807) is 36.5 Å². The molecule has 0 saturated heterocycles. The average Bonchev–Trinajstić information content (AvgIpc) is 2.59. The smallest absolute Gasteiger partial charge is 0.404 e. The molecule has 2 N–H and O–H groups in total. The molecule has 6 nitrogen and oxygen atoms in total. The number of halogens is 2. The van der Waals surface area contributed by atoms with Gasteiger partial charge >= 0.3 is 12.7 Å². The van der Waals surface area contributed by atoms with Gasteiger partial charge in [-0.1, -0.05) is 12.1 Å². The lowest BCUT2D eigenvalue weighted by molar-refractivity contribution is -0.0498. The number of carbonyl (C=O) groups is 1. The van der Waals surface area contributed by atoms with Gasteiger partial charge in [-0.25, -0.2) is 9.78 Å². The predicted molar refractivity (Wildman–Crippen MR) is 86.5 cm³/mol. The molecule has 0 aliphatic carbocycles. The maximum atomic E-state index is 12.3. The van der Waals surface area contributed by atoms with E-state index in [4.69, 9.17) is 5.11 Å². The van der Waals surface area contributed by atoms with E-state index in [0.717, 1.165) is 5.39 Å². The summed E-state index contributed by atoms with van der Waals surface area (Å²) in [4.78, 5) is 19.2. The van der Waals surface area contributed by atoms with E-state index in [-0.39, 0.29) is 12.3 Å². The SMILES string of the molecule is O=C(O)NCc1cc2nc(-c3cccc(OC(F)F)c3)ccc2cn1. The molecule has 25 heavy (non-hydrogen) atoms. The number of ether oxygens (including phenoxy) is 1. The van der Waals surface area contributed by atoms with Crippen molar-refractivity contribution in [1.82, 2.24) is 15.3 Å². The first-order valence-corrected chi connectivity index (χ1v) is 7.29. The van der Waals surface area contributed by atoms with Crippen LogP contribution in [-0.2, 0) is 6.54 Å². The number of fused-ring (bicyclic) bond motifs is 1. The van der Waals surface area contributed by atoms with E-state index in [9.17, 15) is 13.6 Å². The average molecular weight is 345 g/mol. The van der Waals surface area contributed by atoms with Crippen molar-refractivity contribution in [2.75, 3.05) is 0 Å². The van der Waals surface area contributed by atoms with Gasteiger partial charge in [-0.2, -0.15) is 8.78 Å². The zero-order valence-corrected chi connectivity index (χ0v) is 12.8. The highest BCUT2D eigenvalue weighted by Crippen LogP contribution is 2.25. The molecule has 0 unspecified atom stereocenters. The lowest BCUT2D eigenvalue weighted by Gasteiger charge is -2.08. The number of hydrogen-bond donors (Lipinski definition) is 2. The summed E-state index contributed by atoms with van der Waals surface area (Å²) in [7, 11) is 0. The van der Waals surface area contributed by atoms with E-state index in [1.807, 2.05) is 0 Å². The largest absolute Gasteiger partial charge is 0.465 e. The number of carboxylic acid groups (broad SMARTS) is 1. The van der Waals surface area contributed by atoms with Crippen molar-refractivity contribution in [3.63, 3.8) is 0 Å². The Labute approximate surface area is 141 Å². The second-order valence-corrected chi connectivity index (χ2v) is 5.13. The van der Waals surface area contributed by atoms with Gasteiger partial charge < -0.3 is 15.2 Å². The number of alkyl halides is 2. The Morgan fingerprint density at radius 3 is 2.84 bits per heavy atom. The maximum absolute atomic E-state index is 12.3. The molecule has 3 aromatic rings. The molecule has 0 saturated carbocycles. The van der Waals surface area contributed by atoms with Gasteiger partial charge in [-0.15, -0.1) is 0 Å². The number of nitrogens with zero attached hydrogens (tertiary/aromatic N) is 2. The molecule has 1 aromatic carbocycles. The van der Waals surface area contributed by atoms with Crippen LogP contribution >= 0.6 is 0 Å². The van der Waals surface area contributed by atoms with Gasteiger partial charge in [0.1, 0.15) is 5.75 Å². The highest BCUT2D eigenvalue weighted by molar-refractivity contribution is 5.81. The van der Waals surface area contributed by atoms with Crippen LogP contribution in [0.1, 0.15) is 5.69 Å². The monoisotopic (exact) mass is 345 g/mol. The van der Waals surface area contributed by atoms with Gasteiger partial charge in [-0.05, 0) is 30.3 Å². The first-order valence-electron chi connectivity index (χ1n) is 7.29. The van der Waals surface area contributed by atoms with Crippen LogP contribution in [0.25, 0.3) is 22.2 Å². The fourth-order valence-electron chi connectivity index (χ4n) is 2.31. The third-order valence-corrected chi connectivity index (χ3v) is 3.41. The Morgan fingerprint density at radius 1 is 1.24 bits per heavy atom. The maximum Gasteiger partial charge on any atom is 0.404 e. The lowest BCUT2D eigenvalue weighted by Crippen LogP contribution is -2.20. The Bertz CT molecular complexity index is 919. The number of aromatic nitrogens is 2. The summed E-state index contributed by atoms with van der Waals surface area (Å²) in [5, 5.41) is 11.7. The molecule has 0 aliphatic heterocycles. The van der Waals surface area contributed by atoms with Crippen LogP contribution in [0.2, 0.25) is 0 Å². The molecule has 128 valence electrons. The molecule has 1 amide bonds. The normalized spacial score (nSPS) is 10.8. The third-order valence-electron chi connectivity index (χ3n) is 3.41. The molecule has 3 rings (SSSR count). The van der Waals surface area contributed by atoms with Gasteiger partial charge in [-0.3, -0.25) is 4.98 Å². The molecule has 0 fully saturated rings. The van der Waals surface area contributed by atoms with Gasteiger partial charge in [0.15, 0.2) is 0 Å². The fourth-order valence-corrected chi connectivity index (χ4v) is 2.31. The van der Waals surface area contributed by atoms with E-state index in [0.29, 0.717) is 22.5 Å². The minimum Gasteiger partial charge on any atom is -0.465 e. The van der Waals surface area contributed by atoms with Crippen molar-refractivity contribution >= 4 is 17.0 Å². The van der Waals surface area contributed by atoms with Crippen LogP contribution in [-0.4, -0.2) is 27.8 Å². The first kappa shape index (κ1) is 16.6. The van der Waals surface area contributed by atoms with Gasteiger partial charge in [0.25, 0.3) is 0 Å². The van der Waals surface area contributed by atoms with Crippen molar-refractivity contribution in [2.45, 2.75) is 13.2 Å². The molecule has 0 aliphatic rings. The zero-order chi connectivity index (χ0) is 17.8. The Kier molecular flexibility index (Phi) is 4.69. The number of benzene rings is 1. The second-order valence-electron chi connectivity index (χ2n) is 5.13. The topological polar surface area (TPSA) is 84.3 Å². The van der Waals surface area contributed by atoms with Crippen molar-refractivity contribution in [2.24, 2.45) is 0 Å². The molecule has 2 aromatic heterocycles. The van der Waals surface area contributed by atoms with Crippen LogP contribution in [0, 0.1) is 0 Å². The van der Waals surface area contributed by atoms with E-state index >= 15 is 0 Å². The second kappa shape index (κ2) is 7.08. The standard InChI is InChI=1S/C17H13F2N3O3/c18-16(19)25-13-3-1-2-10(6-13)14-5-4-11-8-20-12(7-15(11)22-14)9-21-17(23)24/h1-8,16,21H,9H2,(H,23,24). The van der Waals surface area contributed by atoms with Crippen LogP contribution in [0.4, 0.5) is 13.6 Å². The summed E-state index contributed by atoms with van der Waals surface area (Å²) >= 11 is 0. The minimum absolute atomic E-state index is 0.0514. The van der Waals surface area contributed by atoms with E-state index < -0.39 is 12.7 Å². The molecule has 8 heteroatoms. The van der Waals surface area contributed by atoms with Crippen LogP contribution < -0.4 is 10.1 Å². The molecular weight excluding hydrogens is 332 g/mol. The van der Waals surface area contributed by atoms with Crippen molar-refractivity contribution < 1.29 is 23.4 Å². The van der Waals surface area contributed by atoms with Crippen LogP contribution in [0.3, 0.4) is 0 Å². The quantitative estimate of drug-likeness (QED) is 0.737. The summed E-state index contributed by atoms with van der Waals surface area (Å²) < 4.78 is 29.1. The molecule has 0 bridgehead atoms. The number of hydrogen-bond acceptors (Lipinski definition) is 4. The third kappa shape index (κ3) is 4.17. The predicted octanol–water partition coefficient (Wildman–Crippen LogP) is 3.67. The van der Waals surface area contributed by atoms with Gasteiger partial charge in [0, 0.05) is 17.1 Å². The van der Waals surface area contributed by atoms with Gasteiger partial charge in [0.2, 0.25) is 0 Å². The van der Waals surface area contributed by atoms with Crippen molar-refractivity contribution in [3.05, 3.63) is 54.4 Å². The number of rotatable bonds is 5. The summed E-state index contributed by atoms with van der Waals surface area (Å²) in [6.45, 7) is -2.83. The summed E-state index contributed by atoms with van der Waals surface area (Å²) in [5.41, 5.74) is 2.35. The Balaban J connectivity index is 1.93. The summed E-state index contributed by atoms with van der Waals surface area (Å²) in [6, 6.07) is 11.5. The Hall–Kier alpha value is -3.29. The summed E-state index contributed by atoms with van der Waals surface area (Å²) in [6.07, 6.45) is 0.459. The fraction of sp³-hybridized carbons (Fsp3) is 0.118. The van der Waals surface area contributed by atoms with Crippen molar-refractivity contribution in [1.29, 1.82) is 0 Å². The van der Waals surface area contributed by atoms with Crippen molar-refractivity contribution in [3.8, 4) is 17.0 Å². The van der Waals surface area contributed by atoms with E-state index in [2.05, 4.69) is 20.0 Å². The van der Waals surface area contributed by atoms with Gasteiger partial charge in [0.05, 0.1) is 23.4 Å². The minimum atomic E-state index is -2.89. The van der Waals surface area contributed by atoms with Crippen LogP contribution in [0.5, 0.6) is 5.75 Å². The summed E-state index contributed by atoms with van der Waals surface area (Å²) in [5.74, 6) is 0.0514. The molecule has 0 spiro atoms. The number of nitrogens with one attached hydrogen (secondary N) is 1. The highest BCUT2D eigenvalue weighted by Gasteiger charge is 2.08. The first-order chi connectivity index (χ1) is 12.0. The van der Waals surface area contributed by atoms with Crippen LogP contribution in [0.15, 0.2) is 48.7 Å². The zero-order valence-electron chi connectivity index (χ0n) is 12.8. The molecule has 0 atom stereocenters. The van der Waals surface area contributed by atoms with E-state index in [1.165, 1.54) is 12.1 Å². The molecular formula is C17H13F2N3O3. The number of amides is 1. The molecule has 2 heterocycles. The molecule has 0 radical (unpaired) electrons. The highest BCUT2D eigenvalue weighted by atomic mass is 19.3. The lowest BCUT2D eigenvalue weighted by atomic mass is 10.1. The Morgan fingerprint density at radius 2 is 2.08 bits per heavy atom. The number of pyridine rings is 2.